The zero-order valence-electron chi connectivity index (χ0n) is 19.0. The van der Waals surface area contributed by atoms with Gasteiger partial charge in [-0.2, -0.15) is 0 Å². The maximum atomic E-state index is 13.2. The van der Waals surface area contributed by atoms with Crippen molar-refractivity contribution >= 4 is 40.2 Å². The second-order valence-electron chi connectivity index (χ2n) is 8.54. The van der Waals surface area contributed by atoms with Gasteiger partial charge in [0.05, 0.1) is 18.7 Å². The van der Waals surface area contributed by atoms with Gasteiger partial charge in [0.25, 0.3) is 5.91 Å². The molecule has 3 amide bonds. The van der Waals surface area contributed by atoms with E-state index in [1.807, 2.05) is 38.1 Å². The molecule has 1 aromatic carbocycles. The number of nitrogens with one attached hydrogen (secondary N) is 4. The standard InChI is InChI=1S/C24H29ClN4O5/c1-14(2)10-18(21(25)24(32)29-33)22(30)28-20(23(31)27-13-16-6-5-9-34-16)11-15-12-26-19-8-4-3-7-17(15)19/h3-9,12,14,18,20-21,26,33H,10-11,13H2,1-2H3,(H,27,31)(H,28,30)(H,29,32)/t18?,20-,21+/m0/s1. The number of hydroxylamine groups is 1. The minimum absolute atomic E-state index is 0.0448. The van der Waals surface area contributed by atoms with E-state index in [0.717, 1.165) is 16.5 Å². The van der Waals surface area contributed by atoms with Crippen molar-refractivity contribution in [2.24, 2.45) is 11.8 Å². The van der Waals surface area contributed by atoms with Gasteiger partial charge in [-0.25, -0.2) is 5.48 Å². The first kappa shape index (κ1) is 25.3. The minimum Gasteiger partial charge on any atom is -0.467 e. The number of alkyl halides is 1. The zero-order chi connectivity index (χ0) is 24.7. The van der Waals surface area contributed by atoms with Crippen molar-refractivity contribution in [3.8, 4) is 0 Å². The number of aromatic nitrogens is 1. The first-order valence-corrected chi connectivity index (χ1v) is 11.5. The fraction of sp³-hybridized carbons (Fsp3) is 0.375. The zero-order valence-corrected chi connectivity index (χ0v) is 19.8. The molecule has 0 aliphatic rings. The minimum atomic E-state index is -1.30. The third-order valence-electron chi connectivity index (χ3n) is 5.52. The van der Waals surface area contributed by atoms with E-state index >= 15 is 0 Å². The number of H-pyrrole nitrogens is 1. The quantitative estimate of drug-likeness (QED) is 0.160. The maximum Gasteiger partial charge on any atom is 0.262 e. The largest absolute Gasteiger partial charge is 0.467 e. The van der Waals surface area contributed by atoms with E-state index in [1.165, 1.54) is 11.7 Å². The summed E-state index contributed by atoms with van der Waals surface area (Å²) in [6.45, 7) is 3.94. The van der Waals surface area contributed by atoms with Crippen molar-refractivity contribution in [2.75, 3.05) is 0 Å². The predicted molar refractivity (Wildman–Crippen MR) is 127 cm³/mol. The van der Waals surface area contributed by atoms with Crippen molar-refractivity contribution in [3.63, 3.8) is 0 Å². The van der Waals surface area contributed by atoms with Gasteiger partial charge < -0.3 is 20.0 Å². The molecule has 0 aliphatic carbocycles. The molecule has 0 fully saturated rings. The molecule has 182 valence electrons. The van der Waals surface area contributed by atoms with E-state index in [1.54, 1.807) is 18.3 Å². The highest BCUT2D eigenvalue weighted by Crippen LogP contribution is 2.23. The second-order valence-corrected chi connectivity index (χ2v) is 9.01. The van der Waals surface area contributed by atoms with Crippen LogP contribution >= 0.6 is 11.6 Å². The number of carbonyl (C=O) groups is 3. The molecule has 0 spiro atoms. The van der Waals surface area contributed by atoms with Gasteiger partial charge in [0, 0.05) is 23.5 Å². The molecule has 0 radical (unpaired) electrons. The lowest BCUT2D eigenvalue weighted by molar-refractivity contribution is -0.136. The van der Waals surface area contributed by atoms with Gasteiger partial charge in [0.1, 0.15) is 17.2 Å². The summed E-state index contributed by atoms with van der Waals surface area (Å²) in [4.78, 5) is 41.4. The number of furan rings is 1. The lowest BCUT2D eigenvalue weighted by Gasteiger charge is -2.25. The van der Waals surface area contributed by atoms with Gasteiger partial charge in [0.15, 0.2) is 0 Å². The van der Waals surface area contributed by atoms with Crippen molar-refractivity contribution < 1.29 is 24.0 Å². The lowest BCUT2D eigenvalue weighted by Crippen LogP contribution is -2.52. The van der Waals surface area contributed by atoms with E-state index in [2.05, 4.69) is 15.6 Å². The van der Waals surface area contributed by atoms with E-state index in [4.69, 9.17) is 21.2 Å². The first-order valence-electron chi connectivity index (χ1n) is 11.0. The number of rotatable bonds is 11. The van der Waals surface area contributed by atoms with Gasteiger partial charge in [-0.05, 0) is 36.1 Å². The number of amides is 3. The Morgan fingerprint density at radius 3 is 2.53 bits per heavy atom. The SMILES string of the molecule is CC(C)CC(C(=O)N[C@@H](Cc1c[nH]c2ccccc12)C(=O)NCc1ccco1)[C@@H](Cl)C(=O)NO. The molecule has 2 heterocycles. The highest BCUT2D eigenvalue weighted by atomic mass is 35.5. The van der Waals surface area contributed by atoms with Crippen LogP contribution in [-0.2, 0) is 27.3 Å². The fourth-order valence-corrected chi connectivity index (χ4v) is 4.10. The summed E-state index contributed by atoms with van der Waals surface area (Å²) in [5, 5.41) is 14.2. The normalized spacial score (nSPS) is 13.9. The van der Waals surface area contributed by atoms with Crippen LogP contribution in [0, 0.1) is 11.8 Å². The van der Waals surface area contributed by atoms with Crippen LogP contribution < -0.4 is 16.1 Å². The Morgan fingerprint density at radius 1 is 1.09 bits per heavy atom. The van der Waals surface area contributed by atoms with Crippen LogP contribution in [0.25, 0.3) is 10.9 Å². The molecular weight excluding hydrogens is 460 g/mol. The van der Waals surface area contributed by atoms with Gasteiger partial charge >= 0.3 is 0 Å². The number of hydrogen-bond acceptors (Lipinski definition) is 5. The molecular formula is C24H29ClN4O5. The second kappa shape index (κ2) is 11.7. The fourth-order valence-electron chi connectivity index (χ4n) is 3.83. The van der Waals surface area contributed by atoms with Crippen molar-refractivity contribution in [1.29, 1.82) is 0 Å². The Balaban J connectivity index is 1.82. The Hall–Kier alpha value is -3.30. The average molecular weight is 489 g/mol. The summed E-state index contributed by atoms with van der Waals surface area (Å²) in [7, 11) is 0. The van der Waals surface area contributed by atoms with Crippen LogP contribution in [0.4, 0.5) is 0 Å². The van der Waals surface area contributed by atoms with Crippen LogP contribution in [-0.4, -0.2) is 39.3 Å². The van der Waals surface area contributed by atoms with Crippen LogP contribution in [0.3, 0.4) is 0 Å². The van der Waals surface area contributed by atoms with Gasteiger partial charge in [0.2, 0.25) is 11.8 Å². The Morgan fingerprint density at radius 2 is 1.85 bits per heavy atom. The summed E-state index contributed by atoms with van der Waals surface area (Å²) in [5.41, 5.74) is 3.26. The van der Waals surface area contributed by atoms with E-state index in [0.29, 0.717) is 12.2 Å². The van der Waals surface area contributed by atoms with Crippen LogP contribution in [0.1, 0.15) is 31.6 Å². The topological polar surface area (TPSA) is 136 Å². The van der Waals surface area contributed by atoms with Crippen LogP contribution in [0.15, 0.2) is 53.3 Å². The van der Waals surface area contributed by atoms with Gasteiger partial charge in [-0.3, -0.25) is 19.6 Å². The van der Waals surface area contributed by atoms with Crippen molar-refractivity contribution in [2.45, 2.75) is 44.7 Å². The molecule has 3 atom stereocenters. The summed E-state index contributed by atoms with van der Waals surface area (Å²) < 4.78 is 5.27. The Bertz CT molecular complexity index is 1110. The highest BCUT2D eigenvalue weighted by molar-refractivity contribution is 6.32. The molecule has 0 saturated carbocycles. The maximum absolute atomic E-state index is 13.2. The average Bonchev–Trinajstić information content (AvgIpc) is 3.49. The summed E-state index contributed by atoms with van der Waals surface area (Å²) in [5.74, 6) is -2.16. The smallest absolute Gasteiger partial charge is 0.262 e. The molecule has 0 bridgehead atoms. The van der Waals surface area contributed by atoms with Crippen LogP contribution in [0.5, 0.6) is 0 Å². The number of fused-ring (bicyclic) bond motifs is 1. The molecule has 34 heavy (non-hydrogen) atoms. The Kier molecular flexibility index (Phi) is 8.72. The summed E-state index contributed by atoms with van der Waals surface area (Å²) in [6, 6.07) is 10.2. The number of benzene rings is 1. The third-order valence-corrected chi connectivity index (χ3v) is 6.03. The molecule has 5 N–H and O–H groups in total. The number of halogens is 1. The lowest BCUT2D eigenvalue weighted by atomic mass is 9.92. The molecule has 0 aliphatic heterocycles. The number of para-hydroxylation sites is 1. The highest BCUT2D eigenvalue weighted by Gasteiger charge is 2.35. The molecule has 2 aromatic heterocycles. The number of hydrogen-bond donors (Lipinski definition) is 5. The van der Waals surface area contributed by atoms with Crippen molar-refractivity contribution in [3.05, 3.63) is 60.2 Å². The van der Waals surface area contributed by atoms with E-state index in [9.17, 15) is 14.4 Å². The van der Waals surface area contributed by atoms with Gasteiger partial charge in [-0.1, -0.05) is 32.0 Å². The first-order chi connectivity index (χ1) is 16.3. The molecule has 3 aromatic rings. The molecule has 9 nitrogen and oxygen atoms in total. The summed E-state index contributed by atoms with van der Waals surface area (Å²) in [6.07, 6.45) is 3.82. The monoisotopic (exact) mass is 488 g/mol. The summed E-state index contributed by atoms with van der Waals surface area (Å²) >= 11 is 6.20. The number of carbonyl (C=O) groups excluding carboxylic acids is 3. The number of aromatic amines is 1. The molecule has 3 rings (SSSR count). The predicted octanol–water partition coefficient (Wildman–Crippen LogP) is 2.88. The van der Waals surface area contributed by atoms with Crippen LogP contribution in [0.2, 0.25) is 0 Å². The molecule has 1 unspecified atom stereocenters. The van der Waals surface area contributed by atoms with E-state index < -0.39 is 35.1 Å². The Labute approximate surface area is 202 Å². The third kappa shape index (κ3) is 6.39. The molecule has 10 heteroatoms. The van der Waals surface area contributed by atoms with Gasteiger partial charge in [-0.15, -0.1) is 11.6 Å². The molecule has 0 saturated heterocycles. The van der Waals surface area contributed by atoms with Crippen molar-refractivity contribution in [1.82, 2.24) is 21.1 Å². The van der Waals surface area contributed by atoms with E-state index in [-0.39, 0.29) is 18.9 Å².